The van der Waals surface area contributed by atoms with E-state index in [0.717, 1.165) is 37.2 Å². The summed E-state index contributed by atoms with van der Waals surface area (Å²) in [4.78, 5) is 30.5. The molecule has 0 unspecified atom stereocenters. The minimum atomic E-state index is 0.0469. The molecule has 0 atom stereocenters. The number of aromatic nitrogens is 1. The first-order chi connectivity index (χ1) is 11.2. The van der Waals surface area contributed by atoms with E-state index in [1.54, 1.807) is 0 Å². The Morgan fingerprint density at radius 2 is 2.13 bits per heavy atom. The molecule has 5 nitrogen and oxygen atoms in total. The number of nitrogens with zero attached hydrogens (tertiary/aromatic N) is 2. The summed E-state index contributed by atoms with van der Waals surface area (Å²) in [5.41, 5.74) is 2.95. The van der Waals surface area contributed by atoms with E-state index in [4.69, 9.17) is 0 Å². The molecule has 1 aromatic carbocycles. The molecule has 2 amide bonds. The van der Waals surface area contributed by atoms with Crippen LogP contribution in [-0.2, 0) is 22.4 Å². The lowest BCUT2D eigenvalue weighted by atomic mass is 10.2. The Morgan fingerprint density at radius 1 is 1.30 bits per heavy atom. The first-order valence-corrected chi connectivity index (χ1v) is 8.72. The number of carbonyl (C=O) groups is 2. The highest BCUT2D eigenvalue weighted by molar-refractivity contribution is 7.13. The number of rotatable bonds is 4. The average Bonchev–Trinajstić information content (AvgIpc) is 3.18. The van der Waals surface area contributed by atoms with Gasteiger partial charge in [0.15, 0.2) is 5.13 Å². The third-order valence-corrected chi connectivity index (χ3v) is 5.06. The topological polar surface area (TPSA) is 62.3 Å². The van der Waals surface area contributed by atoms with Crippen LogP contribution >= 0.6 is 11.3 Å². The molecular weight excluding hydrogens is 310 g/mol. The number of hydrogen-bond donors (Lipinski definition) is 1. The van der Waals surface area contributed by atoms with Crippen LogP contribution in [0.3, 0.4) is 0 Å². The normalized spacial score (nSPS) is 16.3. The van der Waals surface area contributed by atoms with Crippen molar-refractivity contribution in [1.82, 2.24) is 4.98 Å². The van der Waals surface area contributed by atoms with Gasteiger partial charge in [-0.05, 0) is 30.9 Å². The molecule has 0 radical (unpaired) electrons. The fourth-order valence-electron chi connectivity index (χ4n) is 2.85. The van der Waals surface area contributed by atoms with Gasteiger partial charge in [-0.15, -0.1) is 11.3 Å². The number of fused-ring (bicyclic) bond motifs is 1. The van der Waals surface area contributed by atoms with Crippen LogP contribution in [0.5, 0.6) is 0 Å². The van der Waals surface area contributed by atoms with Crippen molar-refractivity contribution in [3.05, 3.63) is 40.9 Å². The van der Waals surface area contributed by atoms with Crippen molar-refractivity contribution >= 4 is 34.0 Å². The Labute approximate surface area is 138 Å². The minimum absolute atomic E-state index is 0.0469. The number of benzene rings is 1. The van der Waals surface area contributed by atoms with Crippen LogP contribution in [0.4, 0.5) is 10.8 Å². The van der Waals surface area contributed by atoms with E-state index in [1.165, 1.54) is 16.9 Å². The van der Waals surface area contributed by atoms with Crippen molar-refractivity contribution in [1.29, 1.82) is 0 Å². The molecule has 1 fully saturated rings. The first-order valence-electron chi connectivity index (χ1n) is 7.84. The molecule has 1 aromatic heterocycles. The maximum Gasteiger partial charge on any atom is 0.233 e. The smallest absolute Gasteiger partial charge is 0.233 e. The van der Waals surface area contributed by atoms with Crippen molar-refractivity contribution in [2.24, 2.45) is 5.92 Å². The zero-order chi connectivity index (χ0) is 15.8. The van der Waals surface area contributed by atoms with Gasteiger partial charge in [0, 0.05) is 23.5 Å². The van der Waals surface area contributed by atoms with E-state index < -0.39 is 0 Å². The minimum Gasteiger partial charge on any atom is -0.311 e. The molecule has 0 spiro atoms. The van der Waals surface area contributed by atoms with Crippen molar-refractivity contribution in [2.45, 2.75) is 25.7 Å². The summed E-state index contributed by atoms with van der Waals surface area (Å²) in [6.45, 7) is 0.730. The van der Waals surface area contributed by atoms with Crippen molar-refractivity contribution in [3.63, 3.8) is 0 Å². The Kier molecular flexibility index (Phi) is 3.61. The number of nitrogens with one attached hydrogen (secondary N) is 1. The van der Waals surface area contributed by atoms with Gasteiger partial charge in [-0.1, -0.05) is 18.2 Å². The molecule has 1 aliphatic heterocycles. The molecule has 1 saturated carbocycles. The molecule has 2 aliphatic rings. The number of thiazole rings is 1. The van der Waals surface area contributed by atoms with Crippen LogP contribution in [0.25, 0.3) is 0 Å². The van der Waals surface area contributed by atoms with Crippen LogP contribution in [0.2, 0.25) is 0 Å². The molecular formula is C17H17N3O2S. The van der Waals surface area contributed by atoms with Crippen LogP contribution in [0, 0.1) is 5.92 Å². The SMILES string of the molecule is O=C(Nc1nc(CC(=O)N2CCc3ccccc32)cs1)C1CC1. The quantitative estimate of drug-likeness (QED) is 0.939. The summed E-state index contributed by atoms with van der Waals surface area (Å²) < 4.78 is 0. The summed E-state index contributed by atoms with van der Waals surface area (Å²) in [7, 11) is 0. The third-order valence-electron chi connectivity index (χ3n) is 4.25. The third kappa shape index (κ3) is 2.99. The molecule has 0 bridgehead atoms. The first kappa shape index (κ1) is 14.4. The lowest BCUT2D eigenvalue weighted by Crippen LogP contribution is -2.30. The second-order valence-corrected chi connectivity index (χ2v) is 6.87. The molecule has 0 saturated heterocycles. The van der Waals surface area contributed by atoms with Gasteiger partial charge in [-0.25, -0.2) is 4.98 Å². The highest BCUT2D eigenvalue weighted by Gasteiger charge is 2.30. The number of amides is 2. The number of para-hydroxylation sites is 1. The second-order valence-electron chi connectivity index (χ2n) is 6.01. The molecule has 4 rings (SSSR count). The number of hydrogen-bond acceptors (Lipinski definition) is 4. The van der Waals surface area contributed by atoms with Gasteiger partial charge in [0.2, 0.25) is 11.8 Å². The highest BCUT2D eigenvalue weighted by Crippen LogP contribution is 2.31. The monoisotopic (exact) mass is 327 g/mol. The van der Waals surface area contributed by atoms with E-state index in [-0.39, 0.29) is 24.2 Å². The van der Waals surface area contributed by atoms with Gasteiger partial charge < -0.3 is 10.2 Å². The Hall–Kier alpha value is -2.21. The van der Waals surface area contributed by atoms with Gasteiger partial charge in [0.05, 0.1) is 12.1 Å². The van der Waals surface area contributed by atoms with Gasteiger partial charge in [0.25, 0.3) is 0 Å². The summed E-state index contributed by atoms with van der Waals surface area (Å²) in [6.07, 6.45) is 3.11. The molecule has 1 N–H and O–H groups in total. The van der Waals surface area contributed by atoms with Crippen LogP contribution in [-0.4, -0.2) is 23.3 Å². The zero-order valence-electron chi connectivity index (χ0n) is 12.6. The zero-order valence-corrected chi connectivity index (χ0v) is 13.4. The van der Waals surface area contributed by atoms with Gasteiger partial charge in [0.1, 0.15) is 0 Å². The number of carbonyl (C=O) groups excluding carboxylic acids is 2. The average molecular weight is 327 g/mol. The van der Waals surface area contributed by atoms with E-state index >= 15 is 0 Å². The standard InChI is InChI=1S/C17H17N3O2S/c21-15(20-8-7-11-3-1-2-4-14(11)20)9-13-10-23-17(18-13)19-16(22)12-5-6-12/h1-4,10,12H,5-9H2,(H,18,19,22). The molecule has 118 valence electrons. The Morgan fingerprint density at radius 3 is 2.96 bits per heavy atom. The summed E-state index contributed by atoms with van der Waals surface area (Å²) in [5, 5.41) is 5.27. The highest BCUT2D eigenvalue weighted by atomic mass is 32.1. The molecule has 6 heteroatoms. The largest absolute Gasteiger partial charge is 0.311 e. The molecule has 23 heavy (non-hydrogen) atoms. The summed E-state index contributed by atoms with van der Waals surface area (Å²) in [5.74, 6) is 0.260. The van der Waals surface area contributed by atoms with Crippen LogP contribution in [0.1, 0.15) is 24.1 Å². The fourth-order valence-corrected chi connectivity index (χ4v) is 3.56. The molecule has 2 aromatic rings. The van der Waals surface area contributed by atoms with Crippen molar-refractivity contribution in [3.8, 4) is 0 Å². The summed E-state index contributed by atoms with van der Waals surface area (Å²) in [6, 6.07) is 8.01. The lowest BCUT2D eigenvalue weighted by molar-refractivity contribution is -0.118. The predicted octanol–water partition coefficient (Wildman–Crippen LogP) is 2.62. The van der Waals surface area contributed by atoms with Crippen molar-refractivity contribution < 1.29 is 9.59 Å². The number of anilines is 2. The fraction of sp³-hybridized carbons (Fsp3) is 0.353. The van der Waals surface area contributed by atoms with E-state index in [2.05, 4.69) is 16.4 Å². The van der Waals surface area contributed by atoms with Crippen LogP contribution in [0.15, 0.2) is 29.6 Å². The van der Waals surface area contributed by atoms with Crippen molar-refractivity contribution in [2.75, 3.05) is 16.8 Å². The summed E-state index contributed by atoms with van der Waals surface area (Å²) >= 11 is 1.38. The Bertz CT molecular complexity index is 767. The predicted molar refractivity (Wildman–Crippen MR) is 89.7 cm³/mol. The van der Waals surface area contributed by atoms with E-state index in [9.17, 15) is 9.59 Å². The van der Waals surface area contributed by atoms with Crippen LogP contribution < -0.4 is 10.2 Å². The molecule has 1 aliphatic carbocycles. The Balaban J connectivity index is 1.41. The second kappa shape index (κ2) is 5.77. The maximum atomic E-state index is 12.5. The van der Waals surface area contributed by atoms with Gasteiger partial charge in [-0.3, -0.25) is 9.59 Å². The maximum absolute atomic E-state index is 12.5. The van der Waals surface area contributed by atoms with E-state index in [1.807, 2.05) is 28.5 Å². The van der Waals surface area contributed by atoms with E-state index in [0.29, 0.717) is 5.13 Å². The lowest BCUT2D eigenvalue weighted by Gasteiger charge is -2.16. The van der Waals surface area contributed by atoms with Gasteiger partial charge in [-0.2, -0.15) is 0 Å². The van der Waals surface area contributed by atoms with Gasteiger partial charge >= 0.3 is 0 Å². The molecule has 2 heterocycles.